The molecule has 1 aromatic rings. The second-order valence-electron chi connectivity index (χ2n) is 4.25. The van der Waals surface area contributed by atoms with E-state index in [4.69, 9.17) is 5.73 Å². The minimum atomic E-state index is -0.983. The first kappa shape index (κ1) is 17.4. The molecule has 3 N–H and O–H groups in total. The van der Waals surface area contributed by atoms with Crippen molar-refractivity contribution in [3.63, 3.8) is 0 Å². The van der Waals surface area contributed by atoms with Crippen molar-refractivity contribution in [1.29, 1.82) is 0 Å². The summed E-state index contributed by atoms with van der Waals surface area (Å²) in [6.45, 7) is 3.58. The van der Waals surface area contributed by atoms with Crippen LogP contribution in [0.2, 0.25) is 0 Å². The highest BCUT2D eigenvalue weighted by atomic mass is 79.9. The molecule has 6 heteroatoms. The summed E-state index contributed by atoms with van der Waals surface area (Å²) in [5.74, 6) is -0.856. The summed E-state index contributed by atoms with van der Waals surface area (Å²) in [6.07, 6.45) is 1.34. The summed E-state index contributed by atoms with van der Waals surface area (Å²) in [5, 5.41) is 2.51. The molecule has 3 nitrogen and oxygen atoms in total. The third-order valence-electron chi connectivity index (χ3n) is 2.46. The molecular formula is C12H17BrClFN2O. The Morgan fingerprint density at radius 3 is 2.72 bits per heavy atom. The lowest BCUT2D eigenvalue weighted by atomic mass is 9.96. The van der Waals surface area contributed by atoms with E-state index in [1.54, 1.807) is 13.0 Å². The molecule has 1 rings (SSSR count). The fraction of sp³-hybridized carbons (Fsp3) is 0.417. The summed E-state index contributed by atoms with van der Waals surface area (Å²) in [7, 11) is 0. The number of amides is 1. The zero-order chi connectivity index (χ0) is 13.1. The lowest BCUT2D eigenvalue weighted by molar-refractivity contribution is -0.120. The molecule has 0 radical (unpaired) electrons. The molecule has 1 atom stereocenters. The number of nitrogens with two attached hydrogens (primary N) is 1. The van der Waals surface area contributed by atoms with Crippen LogP contribution >= 0.6 is 28.3 Å². The molecule has 0 aliphatic rings. The molecule has 18 heavy (non-hydrogen) atoms. The van der Waals surface area contributed by atoms with E-state index >= 15 is 0 Å². The molecule has 102 valence electrons. The summed E-state index contributed by atoms with van der Waals surface area (Å²) in [4.78, 5) is 11.9. The van der Waals surface area contributed by atoms with E-state index in [1.165, 1.54) is 12.1 Å². The van der Waals surface area contributed by atoms with Crippen LogP contribution < -0.4 is 11.1 Å². The number of benzene rings is 1. The van der Waals surface area contributed by atoms with Crippen molar-refractivity contribution in [2.45, 2.75) is 32.2 Å². The lowest BCUT2D eigenvalue weighted by Gasteiger charge is -2.23. The Balaban J connectivity index is 0.00000289. The van der Waals surface area contributed by atoms with Crippen molar-refractivity contribution in [1.82, 2.24) is 0 Å². The van der Waals surface area contributed by atoms with Gasteiger partial charge in [0.2, 0.25) is 5.91 Å². The highest BCUT2D eigenvalue weighted by Gasteiger charge is 2.27. The van der Waals surface area contributed by atoms with Crippen LogP contribution in [0.4, 0.5) is 10.1 Å². The van der Waals surface area contributed by atoms with Crippen molar-refractivity contribution in [3.8, 4) is 0 Å². The van der Waals surface area contributed by atoms with Gasteiger partial charge in [-0.2, -0.15) is 0 Å². The van der Waals surface area contributed by atoms with E-state index in [9.17, 15) is 9.18 Å². The van der Waals surface area contributed by atoms with Gasteiger partial charge in [-0.15, -0.1) is 12.4 Å². The van der Waals surface area contributed by atoms with Crippen LogP contribution in [-0.4, -0.2) is 11.4 Å². The predicted octanol–water partition coefficient (Wildman–Crippen LogP) is 3.47. The number of carbonyl (C=O) groups is 1. The predicted molar refractivity (Wildman–Crippen MR) is 77.5 cm³/mol. The second kappa shape index (κ2) is 7.07. The minimum absolute atomic E-state index is 0. The Morgan fingerprint density at radius 2 is 2.17 bits per heavy atom. The summed E-state index contributed by atoms with van der Waals surface area (Å²) in [5.41, 5.74) is 5.01. The molecule has 0 heterocycles. The van der Waals surface area contributed by atoms with Gasteiger partial charge in [-0.05, 0) is 31.5 Å². The van der Waals surface area contributed by atoms with Gasteiger partial charge in [-0.3, -0.25) is 4.79 Å². The van der Waals surface area contributed by atoms with Crippen LogP contribution in [0, 0.1) is 5.82 Å². The number of hydrogen-bond acceptors (Lipinski definition) is 2. The normalized spacial score (nSPS) is 13.4. The quantitative estimate of drug-likeness (QED) is 0.882. The molecule has 1 aromatic carbocycles. The van der Waals surface area contributed by atoms with Gasteiger partial charge in [-0.25, -0.2) is 4.39 Å². The molecule has 0 saturated heterocycles. The maximum atomic E-state index is 13.4. The Bertz CT molecular complexity index is 427. The smallest absolute Gasteiger partial charge is 0.244 e. The molecule has 1 unspecified atom stereocenters. The Labute approximate surface area is 121 Å². The van der Waals surface area contributed by atoms with Gasteiger partial charge >= 0.3 is 0 Å². The monoisotopic (exact) mass is 338 g/mol. The van der Waals surface area contributed by atoms with E-state index in [1.807, 2.05) is 6.92 Å². The van der Waals surface area contributed by atoms with Gasteiger partial charge in [-0.1, -0.05) is 29.3 Å². The summed E-state index contributed by atoms with van der Waals surface area (Å²) < 4.78 is 14.1. The van der Waals surface area contributed by atoms with E-state index < -0.39 is 11.4 Å². The Morgan fingerprint density at radius 1 is 1.56 bits per heavy atom. The van der Waals surface area contributed by atoms with Gasteiger partial charge in [0.15, 0.2) is 0 Å². The standard InChI is InChI=1S/C12H16BrFN2O.ClH/c1-3-6-12(2,15)11(17)16-10-7-8(13)4-5-9(10)14;/h4-5,7H,3,6,15H2,1-2H3,(H,16,17);1H. The largest absolute Gasteiger partial charge is 0.322 e. The van der Waals surface area contributed by atoms with Crippen LogP contribution in [0.15, 0.2) is 22.7 Å². The maximum absolute atomic E-state index is 13.4. The third-order valence-corrected chi connectivity index (χ3v) is 2.96. The molecule has 0 fully saturated rings. The lowest BCUT2D eigenvalue weighted by Crippen LogP contribution is -2.48. The topological polar surface area (TPSA) is 55.1 Å². The minimum Gasteiger partial charge on any atom is -0.322 e. The van der Waals surface area contributed by atoms with Crippen molar-refractivity contribution < 1.29 is 9.18 Å². The van der Waals surface area contributed by atoms with Gasteiger partial charge in [0.05, 0.1) is 11.2 Å². The molecule has 1 amide bonds. The second-order valence-corrected chi connectivity index (χ2v) is 5.16. The number of halogens is 3. The molecule has 0 bridgehead atoms. The van der Waals surface area contributed by atoms with Gasteiger partial charge < -0.3 is 11.1 Å². The first-order valence-electron chi connectivity index (χ1n) is 5.42. The van der Waals surface area contributed by atoms with Gasteiger partial charge in [0.25, 0.3) is 0 Å². The fourth-order valence-corrected chi connectivity index (χ4v) is 1.85. The fourth-order valence-electron chi connectivity index (χ4n) is 1.49. The third kappa shape index (κ3) is 4.55. The first-order valence-corrected chi connectivity index (χ1v) is 6.21. The maximum Gasteiger partial charge on any atom is 0.244 e. The number of rotatable bonds is 4. The average Bonchev–Trinajstić information content (AvgIpc) is 2.23. The van der Waals surface area contributed by atoms with Crippen molar-refractivity contribution >= 4 is 39.9 Å². The number of nitrogens with one attached hydrogen (secondary N) is 1. The Kier molecular flexibility index (Phi) is 6.81. The first-order chi connectivity index (χ1) is 7.86. The molecule has 0 aromatic heterocycles. The van der Waals surface area contributed by atoms with Gasteiger partial charge in [0.1, 0.15) is 5.82 Å². The Hall–Kier alpha value is -0.650. The van der Waals surface area contributed by atoms with Crippen LogP contribution in [0.1, 0.15) is 26.7 Å². The summed E-state index contributed by atoms with van der Waals surface area (Å²) in [6, 6.07) is 4.36. The molecule has 0 saturated carbocycles. The zero-order valence-electron chi connectivity index (χ0n) is 10.3. The molecule has 0 spiro atoms. The van der Waals surface area contributed by atoms with Crippen molar-refractivity contribution in [2.75, 3.05) is 5.32 Å². The summed E-state index contributed by atoms with van der Waals surface area (Å²) >= 11 is 3.22. The van der Waals surface area contributed by atoms with Crippen LogP contribution in [0.25, 0.3) is 0 Å². The van der Waals surface area contributed by atoms with Crippen molar-refractivity contribution in [2.24, 2.45) is 5.73 Å². The highest BCUT2D eigenvalue weighted by molar-refractivity contribution is 9.10. The van der Waals surface area contributed by atoms with Crippen LogP contribution in [-0.2, 0) is 4.79 Å². The number of anilines is 1. The van der Waals surface area contributed by atoms with E-state index in [-0.39, 0.29) is 24.0 Å². The van der Waals surface area contributed by atoms with Crippen molar-refractivity contribution in [3.05, 3.63) is 28.5 Å². The van der Waals surface area contributed by atoms with Crippen LogP contribution in [0.3, 0.4) is 0 Å². The van der Waals surface area contributed by atoms with E-state index in [0.29, 0.717) is 10.9 Å². The highest BCUT2D eigenvalue weighted by Crippen LogP contribution is 2.21. The average molecular weight is 340 g/mol. The molecular weight excluding hydrogens is 322 g/mol. The zero-order valence-corrected chi connectivity index (χ0v) is 12.7. The SMILES string of the molecule is CCCC(C)(N)C(=O)Nc1cc(Br)ccc1F.Cl. The molecule has 0 aliphatic carbocycles. The number of carbonyl (C=O) groups excluding carboxylic acids is 1. The van der Waals surface area contributed by atoms with E-state index in [2.05, 4.69) is 21.2 Å². The van der Waals surface area contributed by atoms with Gasteiger partial charge in [0, 0.05) is 4.47 Å². The van der Waals surface area contributed by atoms with E-state index in [0.717, 1.165) is 6.42 Å². The number of hydrogen-bond donors (Lipinski definition) is 2. The molecule has 0 aliphatic heterocycles. The van der Waals surface area contributed by atoms with Crippen LogP contribution in [0.5, 0.6) is 0 Å².